The van der Waals surface area contributed by atoms with Crippen LogP contribution in [-0.2, 0) is 9.53 Å². The molecule has 2 N–H and O–H groups in total. The second kappa shape index (κ2) is 6.64. The molecule has 0 aromatic carbocycles. The Bertz CT molecular complexity index is 385. The molecule has 1 heterocycles. The third kappa shape index (κ3) is 3.67. The van der Waals surface area contributed by atoms with Gasteiger partial charge < -0.3 is 20.1 Å². The first-order chi connectivity index (χ1) is 9.94. The van der Waals surface area contributed by atoms with Crippen LogP contribution in [0, 0.1) is 5.92 Å². The maximum Gasteiger partial charge on any atom is 0.329 e. The second-order valence-corrected chi connectivity index (χ2v) is 6.45. The van der Waals surface area contributed by atoms with Gasteiger partial charge in [-0.3, -0.25) is 0 Å². The Hall–Kier alpha value is -1.30. The van der Waals surface area contributed by atoms with Gasteiger partial charge in [-0.15, -0.1) is 0 Å². The van der Waals surface area contributed by atoms with Crippen molar-refractivity contribution < 1.29 is 19.4 Å². The number of amides is 2. The van der Waals surface area contributed by atoms with Gasteiger partial charge in [0.05, 0.1) is 0 Å². The molecule has 1 saturated heterocycles. The molecule has 2 amide bonds. The minimum atomic E-state index is -1.09. The van der Waals surface area contributed by atoms with E-state index in [0.29, 0.717) is 32.0 Å². The maximum atomic E-state index is 12.4. The van der Waals surface area contributed by atoms with E-state index >= 15 is 0 Å². The molecule has 0 unspecified atom stereocenters. The molecule has 6 nitrogen and oxygen atoms in total. The Morgan fingerprint density at radius 2 is 1.76 bits per heavy atom. The first-order valence-corrected chi connectivity index (χ1v) is 7.81. The summed E-state index contributed by atoms with van der Waals surface area (Å²) in [5.74, 6) is -0.384. The van der Waals surface area contributed by atoms with Crippen LogP contribution in [0.2, 0.25) is 0 Å². The Kier molecular flexibility index (Phi) is 5.08. The second-order valence-electron chi connectivity index (χ2n) is 6.45. The van der Waals surface area contributed by atoms with E-state index in [1.54, 1.807) is 11.9 Å². The number of carbonyl (C=O) groups is 2. The lowest BCUT2D eigenvalue weighted by Gasteiger charge is -2.39. The maximum absolute atomic E-state index is 12.4. The van der Waals surface area contributed by atoms with Gasteiger partial charge >= 0.3 is 12.0 Å². The minimum absolute atomic E-state index is 0.132. The molecular formula is C15H26N2O4. The van der Waals surface area contributed by atoms with Crippen LogP contribution in [-0.4, -0.2) is 53.8 Å². The summed E-state index contributed by atoms with van der Waals surface area (Å²) in [5.41, 5.74) is -1.09. The van der Waals surface area contributed by atoms with Crippen molar-refractivity contribution in [2.45, 2.75) is 57.0 Å². The lowest BCUT2D eigenvalue weighted by molar-refractivity contribution is -0.146. The Balaban J connectivity index is 1.99. The number of aliphatic carboxylic acids is 1. The van der Waals surface area contributed by atoms with Crippen molar-refractivity contribution in [1.82, 2.24) is 10.2 Å². The normalized spacial score (nSPS) is 30.7. The van der Waals surface area contributed by atoms with Crippen molar-refractivity contribution in [2.24, 2.45) is 5.92 Å². The molecule has 1 aliphatic heterocycles. The van der Waals surface area contributed by atoms with Gasteiger partial charge in [0.25, 0.3) is 0 Å². The van der Waals surface area contributed by atoms with Crippen molar-refractivity contribution in [3.8, 4) is 0 Å². The highest BCUT2D eigenvalue weighted by Crippen LogP contribution is 2.32. The van der Waals surface area contributed by atoms with E-state index in [9.17, 15) is 14.7 Å². The van der Waals surface area contributed by atoms with Crippen molar-refractivity contribution in [2.75, 3.05) is 20.3 Å². The van der Waals surface area contributed by atoms with Gasteiger partial charge in [-0.05, 0) is 44.4 Å². The number of nitrogens with zero attached hydrogens (tertiary/aromatic N) is 1. The van der Waals surface area contributed by atoms with Gasteiger partial charge in [0.15, 0.2) is 0 Å². The molecule has 120 valence electrons. The predicted octanol–water partition coefficient (Wildman–Crippen LogP) is 1.84. The van der Waals surface area contributed by atoms with Crippen LogP contribution in [0.4, 0.5) is 4.79 Å². The molecule has 0 aromatic heterocycles. The molecule has 2 rings (SSSR count). The summed E-state index contributed by atoms with van der Waals surface area (Å²) in [5, 5.41) is 12.4. The number of carboxylic acids is 1. The van der Waals surface area contributed by atoms with Gasteiger partial charge in [-0.2, -0.15) is 0 Å². The fourth-order valence-electron chi connectivity index (χ4n) is 3.18. The molecule has 0 spiro atoms. The summed E-state index contributed by atoms with van der Waals surface area (Å²) in [7, 11) is 1.74. The number of hydrogen-bond acceptors (Lipinski definition) is 3. The van der Waals surface area contributed by atoms with Gasteiger partial charge in [-0.1, -0.05) is 6.92 Å². The fraction of sp³-hybridized carbons (Fsp3) is 0.867. The monoisotopic (exact) mass is 298 g/mol. The summed E-state index contributed by atoms with van der Waals surface area (Å²) in [6, 6.07) is -0.147. The lowest BCUT2D eigenvalue weighted by Crippen LogP contribution is -2.60. The zero-order valence-corrected chi connectivity index (χ0v) is 12.9. The van der Waals surface area contributed by atoms with Gasteiger partial charge in [0.2, 0.25) is 0 Å². The van der Waals surface area contributed by atoms with Crippen LogP contribution in [0.25, 0.3) is 0 Å². The molecule has 2 fully saturated rings. The molecule has 1 aliphatic carbocycles. The van der Waals surface area contributed by atoms with E-state index in [2.05, 4.69) is 12.2 Å². The van der Waals surface area contributed by atoms with E-state index in [1.165, 1.54) is 0 Å². The van der Waals surface area contributed by atoms with E-state index < -0.39 is 11.5 Å². The summed E-state index contributed by atoms with van der Waals surface area (Å²) >= 11 is 0. The van der Waals surface area contributed by atoms with Crippen LogP contribution in [0.3, 0.4) is 0 Å². The van der Waals surface area contributed by atoms with Crippen LogP contribution < -0.4 is 5.32 Å². The molecule has 6 heteroatoms. The van der Waals surface area contributed by atoms with E-state index in [1.807, 2.05) is 0 Å². The van der Waals surface area contributed by atoms with Crippen LogP contribution >= 0.6 is 0 Å². The number of carbonyl (C=O) groups excluding carboxylic acids is 1. The zero-order valence-electron chi connectivity index (χ0n) is 12.9. The fourth-order valence-corrected chi connectivity index (χ4v) is 3.18. The van der Waals surface area contributed by atoms with E-state index in [4.69, 9.17) is 4.74 Å². The van der Waals surface area contributed by atoms with Crippen molar-refractivity contribution in [3.63, 3.8) is 0 Å². The van der Waals surface area contributed by atoms with E-state index in [-0.39, 0.29) is 12.1 Å². The minimum Gasteiger partial charge on any atom is -0.480 e. The highest BCUT2D eigenvalue weighted by Gasteiger charge is 2.43. The van der Waals surface area contributed by atoms with Gasteiger partial charge in [0, 0.05) is 26.3 Å². The first-order valence-electron chi connectivity index (χ1n) is 7.81. The summed E-state index contributed by atoms with van der Waals surface area (Å²) in [4.78, 5) is 25.7. The van der Waals surface area contributed by atoms with Crippen LogP contribution in [0.5, 0.6) is 0 Å². The molecule has 0 radical (unpaired) electrons. The van der Waals surface area contributed by atoms with Crippen molar-refractivity contribution in [1.29, 1.82) is 0 Å². The Morgan fingerprint density at radius 1 is 1.19 bits per heavy atom. The standard InChI is InChI=1S/C15H26N2O4/c1-11-3-7-15(8-4-11,13(18)19)16-14(20)17(2)12-5-9-21-10-6-12/h11-12H,3-10H2,1-2H3,(H,16,20)(H,18,19). The topological polar surface area (TPSA) is 78.9 Å². The third-order valence-electron chi connectivity index (χ3n) is 4.94. The number of nitrogens with one attached hydrogen (secondary N) is 1. The van der Waals surface area contributed by atoms with Crippen molar-refractivity contribution in [3.05, 3.63) is 0 Å². The molecule has 21 heavy (non-hydrogen) atoms. The SMILES string of the molecule is CC1CCC(NC(=O)N(C)C2CCOCC2)(C(=O)O)CC1. The highest BCUT2D eigenvalue weighted by molar-refractivity contribution is 5.86. The lowest BCUT2D eigenvalue weighted by atomic mass is 9.77. The molecule has 0 aromatic rings. The molecule has 2 aliphatic rings. The van der Waals surface area contributed by atoms with Gasteiger partial charge in [0.1, 0.15) is 5.54 Å². The largest absolute Gasteiger partial charge is 0.480 e. The van der Waals surface area contributed by atoms with Crippen molar-refractivity contribution >= 4 is 12.0 Å². The number of hydrogen-bond donors (Lipinski definition) is 2. The summed E-state index contributed by atoms with van der Waals surface area (Å²) < 4.78 is 5.30. The third-order valence-corrected chi connectivity index (χ3v) is 4.94. The number of ether oxygens (including phenoxy) is 1. The smallest absolute Gasteiger partial charge is 0.329 e. The average Bonchev–Trinajstić information content (AvgIpc) is 2.49. The predicted molar refractivity (Wildman–Crippen MR) is 78.1 cm³/mol. The molecule has 0 atom stereocenters. The highest BCUT2D eigenvalue weighted by atomic mass is 16.5. The van der Waals surface area contributed by atoms with Crippen LogP contribution in [0.1, 0.15) is 45.4 Å². The van der Waals surface area contributed by atoms with Gasteiger partial charge in [-0.25, -0.2) is 9.59 Å². The number of carboxylic acid groups (broad SMARTS) is 1. The quantitative estimate of drug-likeness (QED) is 0.833. The van der Waals surface area contributed by atoms with E-state index in [0.717, 1.165) is 25.7 Å². The summed E-state index contributed by atoms with van der Waals surface area (Å²) in [6.07, 6.45) is 4.32. The van der Waals surface area contributed by atoms with Crippen LogP contribution in [0.15, 0.2) is 0 Å². The Labute approximate surface area is 125 Å². The Morgan fingerprint density at radius 3 is 2.29 bits per heavy atom. The number of rotatable bonds is 3. The number of urea groups is 1. The molecule has 0 bridgehead atoms. The molecular weight excluding hydrogens is 272 g/mol. The average molecular weight is 298 g/mol. The molecule has 1 saturated carbocycles. The zero-order chi connectivity index (χ0) is 15.5. The summed E-state index contributed by atoms with van der Waals surface area (Å²) in [6.45, 7) is 3.44. The first kappa shape index (κ1) is 16.1.